The molecule has 0 aromatic heterocycles. The first-order valence-corrected chi connectivity index (χ1v) is 9.53. The molecule has 23 heavy (non-hydrogen) atoms. The lowest BCUT2D eigenvalue weighted by atomic mass is 9.97. The molecule has 2 fully saturated rings. The van der Waals surface area contributed by atoms with Crippen LogP contribution in [-0.2, 0) is 6.54 Å². The lowest BCUT2D eigenvalue weighted by Crippen LogP contribution is -2.34. The number of benzene rings is 1. The Labute approximate surface area is 141 Å². The third kappa shape index (κ3) is 4.95. The molecule has 1 aromatic carbocycles. The van der Waals surface area contributed by atoms with E-state index in [0.717, 1.165) is 38.5 Å². The Kier molecular flexibility index (Phi) is 6.35. The monoisotopic (exact) mass is 316 g/mol. The summed E-state index contributed by atoms with van der Waals surface area (Å²) < 4.78 is 0. The van der Waals surface area contributed by atoms with E-state index >= 15 is 0 Å². The number of piperidine rings is 1. The predicted molar refractivity (Wildman–Crippen MR) is 96.8 cm³/mol. The smallest absolute Gasteiger partial charge is 0.0460 e. The molecular formula is C20H32N2O. The summed E-state index contributed by atoms with van der Waals surface area (Å²) in [6.07, 6.45) is 10.5. The maximum absolute atomic E-state index is 9.24. The van der Waals surface area contributed by atoms with Crippen LogP contribution < -0.4 is 10.2 Å². The number of hydrogen-bond acceptors (Lipinski definition) is 3. The van der Waals surface area contributed by atoms with Gasteiger partial charge in [0.15, 0.2) is 0 Å². The Balaban J connectivity index is 1.47. The summed E-state index contributed by atoms with van der Waals surface area (Å²) in [6, 6.07) is 9.80. The summed E-state index contributed by atoms with van der Waals surface area (Å²) in [7, 11) is 0. The quantitative estimate of drug-likeness (QED) is 0.813. The molecule has 2 aliphatic rings. The van der Waals surface area contributed by atoms with E-state index in [1.165, 1.54) is 49.8 Å². The van der Waals surface area contributed by atoms with Crippen molar-refractivity contribution < 1.29 is 5.11 Å². The third-order valence-corrected chi connectivity index (χ3v) is 5.62. The molecule has 128 valence electrons. The van der Waals surface area contributed by atoms with Crippen LogP contribution in [0, 0.1) is 5.92 Å². The fourth-order valence-corrected chi connectivity index (χ4v) is 3.94. The Morgan fingerprint density at radius 3 is 2.17 bits per heavy atom. The van der Waals surface area contributed by atoms with Crippen LogP contribution in [0.5, 0.6) is 0 Å². The van der Waals surface area contributed by atoms with Crippen molar-refractivity contribution in [3.63, 3.8) is 0 Å². The second-order valence-corrected chi connectivity index (χ2v) is 7.35. The zero-order valence-corrected chi connectivity index (χ0v) is 14.3. The summed E-state index contributed by atoms with van der Waals surface area (Å²) in [6.45, 7) is 3.49. The number of nitrogens with zero attached hydrogens (tertiary/aromatic N) is 1. The molecule has 0 amide bonds. The average molecular weight is 316 g/mol. The van der Waals surface area contributed by atoms with E-state index in [9.17, 15) is 5.11 Å². The van der Waals surface area contributed by atoms with E-state index in [1.54, 1.807) is 0 Å². The fraction of sp³-hybridized carbons (Fsp3) is 0.700. The Morgan fingerprint density at radius 1 is 0.913 bits per heavy atom. The zero-order chi connectivity index (χ0) is 15.9. The van der Waals surface area contributed by atoms with E-state index in [1.807, 2.05) is 0 Å². The second-order valence-electron chi connectivity index (χ2n) is 7.35. The number of aliphatic hydroxyl groups excluding tert-OH is 1. The van der Waals surface area contributed by atoms with Crippen LogP contribution in [0.1, 0.15) is 56.9 Å². The maximum Gasteiger partial charge on any atom is 0.0460 e. The molecule has 1 aliphatic carbocycles. The lowest BCUT2D eigenvalue weighted by molar-refractivity contribution is 0.203. The van der Waals surface area contributed by atoms with Gasteiger partial charge in [-0.05, 0) is 49.3 Å². The molecule has 1 heterocycles. The minimum Gasteiger partial charge on any atom is -0.396 e. The van der Waals surface area contributed by atoms with Crippen molar-refractivity contribution in [1.29, 1.82) is 0 Å². The zero-order valence-electron chi connectivity index (χ0n) is 14.3. The summed E-state index contributed by atoms with van der Waals surface area (Å²) in [5.74, 6) is 0.509. The second kappa shape index (κ2) is 8.70. The molecule has 0 atom stereocenters. The molecule has 3 rings (SSSR count). The average Bonchev–Trinajstić information content (AvgIpc) is 2.89. The van der Waals surface area contributed by atoms with Gasteiger partial charge in [0.2, 0.25) is 0 Å². The number of anilines is 1. The van der Waals surface area contributed by atoms with E-state index in [0.29, 0.717) is 12.5 Å². The lowest BCUT2D eigenvalue weighted by Gasteiger charge is -2.33. The Hall–Kier alpha value is -1.06. The van der Waals surface area contributed by atoms with E-state index in [2.05, 4.69) is 34.5 Å². The highest BCUT2D eigenvalue weighted by Gasteiger charge is 2.18. The minimum absolute atomic E-state index is 0.347. The first-order chi connectivity index (χ1) is 11.3. The molecule has 2 N–H and O–H groups in total. The van der Waals surface area contributed by atoms with E-state index < -0.39 is 0 Å². The van der Waals surface area contributed by atoms with Crippen LogP contribution in [0.3, 0.4) is 0 Å². The van der Waals surface area contributed by atoms with Crippen molar-refractivity contribution in [2.24, 2.45) is 5.92 Å². The third-order valence-electron chi connectivity index (χ3n) is 5.62. The first-order valence-electron chi connectivity index (χ1n) is 9.53. The van der Waals surface area contributed by atoms with Crippen LogP contribution in [0.25, 0.3) is 0 Å². The van der Waals surface area contributed by atoms with E-state index in [-0.39, 0.29) is 0 Å². The normalized spacial score (nSPS) is 21.3. The van der Waals surface area contributed by atoms with Crippen molar-refractivity contribution in [2.45, 2.75) is 64.0 Å². The topological polar surface area (TPSA) is 35.5 Å². The fourth-order valence-electron chi connectivity index (χ4n) is 3.94. The van der Waals surface area contributed by atoms with Crippen molar-refractivity contribution in [1.82, 2.24) is 5.32 Å². The highest BCUT2D eigenvalue weighted by atomic mass is 16.3. The van der Waals surface area contributed by atoms with Gasteiger partial charge in [0.1, 0.15) is 0 Å². The summed E-state index contributed by atoms with van der Waals surface area (Å²) in [5.41, 5.74) is 2.72. The molecule has 3 heteroatoms. The highest BCUT2D eigenvalue weighted by molar-refractivity contribution is 5.48. The molecule has 0 bridgehead atoms. The van der Waals surface area contributed by atoms with Crippen LogP contribution in [-0.4, -0.2) is 30.8 Å². The molecule has 1 saturated carbocycles. The van der Waals surface area contributed by atoms with Gasteiger partial charge in [-0.1, -0.05) is 37.8 Å². The van der Waals surface area contributed by atoms with Gasteiger partial charge < -0.3 is 15.3 Å². The molecule has 1 aromatic rings. The van der Waals surface area contributed by atoms with Gasteiger partial charge in [-0.15, -0.1) is 0 Å². The summed E-state index contributed by atoms with van der Waals surface area (Å²) in [5, 5.41) is 13.0. The molecule has 0 spiro atoms. The van der Waals surface area contributed by atoms with Crippen LogP contribution in [0.2, 0.25) is 0 Å². The molecule has 1 saturated heterocycles. The van der Waals surface area contributed by atoms with Crippen molar-refractivity contribution in [3.8, 4) is 0 Å². The number of hydrogen-bond donors (Lipinski definition) is 2. The van der Waals surface area contributed by atoms with Crippen LogP contribution in [0.15, 0.2) is 24.3 Å². The van der Waals surface area contributed by atoms with Gasteiger partial charge in [-0.25, -0.2) is 0 Å². The van der Waals surface area contributed by atoms with Crippen molar-refractivity contribution in [2.75, 3.05) is 24.6 Å². The molecule has 1 aliphatic heterocycles. The largest absolute Gasteiger partial charge is 0.396 e. The summed E-state index contributed by atoms with van der Waals surface area (Å²) in [4.78, 5) is 2.45. The van der Waals surface area contributed by atoms with Gasteiger partial charge >= 0.3 is 0 Å². The SMILES string of the molecule is OCC1CCN(c2ccc(CNC3CCCCCC3)cc2)CC1. The number of rotatable bonds is 5. The highest BCUT2D eigenvalue weighted by Crippen LogP contribution is 2.23. The first kappa shape index (κ1) is 16.8. The van der Waals surface area contributed by atoms with E-state index in [4.69, 9.17) is 0 Å². The Bertz CT molecular complexity index is 443. The molecule has 0 radical (unpaired) electrons. The minimum atomic E-state index is 0.347. The van der Waals surface area contributed by atoms with Crippen molar-refractivity contribution >= 4 is 5.69 Å². The van der Waals surface area contributed by atoms with Crippen LogP contribution in [0.4, 0.5) is 5.69 Å². The van der Waals surface area contributed by atoms with Gasteiger partial charge in [-0.2, -0.15) is 0 Å². The standard InChI is InChI=1S/C20H32N2O/c23-16-18-11-13-22(14-12-18)20-9-7-17(8-10-20)15-21-19-5-3-1-2-4-6-19/h7-10,18-19,21,23H,1-6,11-16H2. The van der Waals surface area contributed by atoms with Crippen molar-refractivity contribution in [3.05, 3.63) is 29.8 Å². The number of nitrogens with one attached hydrogen (secondary N) is 1. The van der Waals surface area contributed by atoms with Gasteiger partial charge in [-0.3, -0.25) is 0 Å². The Morgan fingerprint density at radius 2 is 1.57 bits per heavy atom. The predicted octanol–water partition coefficient (Wildman–Crippen LogP) is 3.71. The number of aliphatic hydroxyl groups is 1. The molecule has 3 nitrogen and oxygen atoms in total. The molecule has 0 unspecified atom stereocenters. The molecular weight excluding hydrogens is 284 g/mol. The van der Waals surface area contributed by atoms with Gasteiger partial charge in [0, 0.05) is 38.0 Å². The van der Waals surface area contributed by atoms with Gasteiger partial charge in [0.05, 0.1) is 0 Å². The van der Waals surface area contributed by atoms with Gasteiger partial charge in [0.25, 0.3) is 0 Å². The maximum atomic E-state index is 9.24. The van der Waals surface area contributed by atoms with Crippen LogP contribution >= 0.6 is 0 Å². The summed E-state index contributed by atoms with van der Waals surface area (Å²) >= 11 is 0.